The quantitative estimate of drug-likeness (QED) is 0.629. The van der Waals surface area contributed by atoms with Crippen LogP contribution >= 0.6 is 34.8 Å². The number of rotatable bonds is 2. The van der Waals surface area contributed by atoms with Gasteiger partial charge in [0.2, 0.25) is 9.55 Å². The van der Waals surface area contributed by atoms with Gasteiger partial charge in [0.1, 0.15) is 12.2 Å². The third-order valence-corrected chi connectivity index (χ3v) is 2.53. The Morgan fingerprint density at radius 2 is 1.95 bits per heavy atom. The average Bonchev–Trinajstić information content (AvgIpc) is 2.35. The number of para-hydroxylation sites is 1. The molecule has 100 valence electrons. The third kappa shape index (κ3) is 3.62. The largest absolute Gasteiger partial charge is 0.455 e. The topological polar surface area (TPSA) is 56.5 Å². The van der Waals surface area contributed by atoms with Crippen LogP contribution in [0.15, 0.2) is 39.5 Å². The van der Waals surface area contributed by atoms with Gasteiger partial charge in [-0.25, -0.2) is 4.79 Å². The summed E-state index contributed by atoms with van der Waals surface area (Å²) < 4.78 is 8.28. The molecule has 0 aliphatic rings. The van der Waals surface area contributed by atoms with Crippen molar-refractivity contribution in [2.24, 2.45) is 0 Å². The first kappa shape index (κ1) is 14.2. The van der Waals surface area contributed by atoms with E-state index in [1.165, 1.54) is 0 Å². The molecule has 0 saturated heterocycles. The first-order chi connectivity index (χ1) is 8.87. The van der Waals surface area contributed by atoms with E-state index in [1.807, 2.05) is 0 Å². The predicted molar refractivity (Wildman–Crippen MR) is 73.1 cm³/mol. The fraction of sp³-hybridized carbons (Fsp3) is 0.167. The number of hydrogen-bond acceptors (Lipinski definition) is 4. The number of carbonyl (C=O) groups is 1. The molecule has 0 fully saturated rings. The van der Waals surface area contributed by atoms with Crippen LogP contribution in [0.1, 0.15) is 10.6 Å². The van der Waals surface area contributed by atoms with Gasteiger partial charge in [0.25, 0.3) is 0 Å². The molecule has 0 bridgehead atoms. The van der Waals surface area contributed by atoms with Crippen molar-refractivity contribution in [3.8, 4) is 0 Å². The summed E-state index contributed by atoms with van der Waals surface area (Å²) in [5, 5.41) is 0.375. The molecule has 19 heavy (non-hydrogen) atoms. The lowest BCUT2D eigenvalue weighted by Gasteiger charge is -2.10. The molecule has 0 saturated carbocycles. The Labute approximate surface area is 122 Å². The molecule has 4 nitrogen and oxygen atoms in total. The number of hydrogen-bond donors (Lipinski definition) is 0. The number of ether oxygens (including phenoxy) is 1. The minimum absolute atomic E-state index is 0.238. The molecule has 0 unspecified atom stereocenters. The van der Waals surface area contributed by atoms with Gasteiger partial charge in [-0.05, 0) is 12.1 Å². The maximum atomic E-state index is 11.8. The van der Waals surface area contributed by atoms with Gasteiger partial charge < -0.3 is 9.15 Å². The summed E-state index contributed by atoms with van der Waals surface area (Å²) in [4.78, 5) is 23.4. The van der Waals surface area contributed by atoms with E-state index in [1.54, 1.807) is 24.3 Å². The molecule has 1 aromatic heterocycles. The van der Waals surface area contributed by atoms with E-state index in [-0.39, 0.29) is 16.8 Å². The fourth-order valence-electron chi connectivity index (χ4n) is 1.42. The molecule has 2 rings (SSSR count). The Kier molecular flexibility index (Phi) is 4.04. The normalized spacial score (nSPS) is 11.5. The van der Waals surface area contributed by atoms with Gasteiger partial charge in [-0.1, -0.05) is 46.9 Å². The molecule has 2 aromatic rings. The van der Waals surface area contributed by atoms with Crippen LogP contribution in [0.3, 0.4) is 0 Å². The molecule has 0 spiro atoms. The van der Waals surface area contributed by atoms with E-state index >= 15 is 0 Å². The van der Waals surface area contributed by atoms with Crippen molar-refractivity contribution in [1.82, 2.24) is 0 Å². The van der Waals surface area contributed by atoms with Crippen LogP contribution in [0.25, 0.3) is 11.0 Å². The molecule has 0 N–H and O–H groups in total. The summed E-state index contributed by atoms with van der Waals surface area (Å²) in [7, 11) is 0. The van der Waals surface area contributed by atoms with Gasteiger partial charge in [-0.15, -0.1) is 0 Å². The molecule has 1 heterocycles. The van der Waals surface area contributed by atoms with Crippen molar-refractivity contribution in [2.45, 2.75) is 3.79 Å². The fourth-order valence-corrected chi connectivity index (χ4v) is 1.59. The second kappa shape index (κ2) is 5.41. The second-order valence-electron chi connectivity index (χ2n) is 3.66. The highest BCUT2D eigenvalue weighted by molar-refractivity contribution is 6.67. The molecule has 0 aliphatic heterocycles. The molecule has 0 atom stereocenters. The van der Waals surface area contributed by atoms with Crippen LogP contribution in [0.2, 0.25) is 0 Å². The maximum absolute atomic E-state index is 11.8. The summed E-state index contributed by atoms with van der Waals surface area (Å²) in [5.74, 6) is -1.10. The van der Waals surface area contributed by atoms with E-state index in [4.69, 9.17) is 44.0 Å². The molecule has 0 radical (unpaired) electrons. The number of carbonyl (C=O) groups excluding carboxylic acids is 1. The van der Waals surface area contributed by atoms with Crippen LogP contribution in [-0.4, -0.2) is 16.4 Å². The highest BCUT2D eigenvalue weighted by Gasteiger charge is 2.23. The lowest BCUT2D eigenvalue weighted by atomic mass is 10.2. The van der Waals surface area contributed by atoms with Crippen molar-refractivity contribution in [2.75, 3.05) is 6.61 Å². The number of esters is 1. The lowest BCUT2D eigenvalue weighted by molar-refractivity contribution is 0.0476. The van der Waals surface area contributed by atoms with Gasteiger partial charge in [0.15, 0.2) is 5.43 Å². The summed E-state index contributed by atoms with van der Waals surface area (Å²) >= 11 is 16.4. The summed E-state index contributed by atoms with van der Waals surface area (Å²) in [6.07, 6.45) is 0. The van der Waals surface area contributed by atoms with Gasteiger partial charge >= 0.3 is 5.97 Å². The Balaban J connectivity index is 2.31. The lowest BCUT2D eigenvalue weighted by Crippen LogP contribution is -2.18. The minimum Gasteiger partial charge on any atom is -0.455 e. The SMILES string of the molecule is O=C(OCC(Cl)(Cl)Cl)c1cc(=O)c2ccccc2o1. The number of benzene rings is 1. The van der Waals surface area contributed by atoms with Crippen molar-refractivity contribution in [1.29, 1.82) is 0 Å². The van der Waals surface area contributed by atoms with Gasteiger partial charge in [0.05, 0.1) is 5.39 Å². The minimum atomic E-state index is -1.72. The van der Waals surface area contributed by atoms with Crippen LogP contribution in [0, 0.1) is 0 Å². The van der Waals surface area contributed by atoms with Crippen molar-refractivity contribution >= 4 is 51.7 Å². The first-order valence-electron chi connectivity index (χ1n) is 5.13. The summed E-state index contributed by atoms with van der Waals surface area (Å²) in [6, 6.07) is 7.59. The first-order valence-corrected chi connectivity index (χ1v) is 6.27. The molecule has 1 aromatic carbocycles. The van der Waals surface area contributed by atoms with Crippen molar-refractivity contribution in [3.05, 3.63) is 46.3 Å². The average molecular weight is 322 g/mol. The Morgan fingerprint density at radius 3 is 2.63 bits per heavy atom. The Hall–Kier alpha value is -1.23. The van der Waals surface area contributed by atoms with E-state index in [0.717, 1.165) is 6.07 Å². The smallest absolute Gasteiger partial charge is 0.374 e. The Morgan fingerprint density at radius 1 is 1.26 bits per heavy atom. The highest BCUT2D eigenvalue weighted by Crippen LogP contribution is 2.26. The van der Waals surface area contributed by atoms with E-state index < -0.39 is 16.4 Å². The summed E-state index contributed by atoms with van der Waals surface area (Å²) in [5.41, 5.74) is -0.0569. The van der Waals surface area contributed by atoms with E-state index in [0.29, 0.717) is 5.39 Å². The molecular formula is C12H7Cl3O4. The van der Waals surface area contributed by atoms with Gasteiger partial charge in [-0.3, -0.25) is 4.79 Å². The van der Waals surface area contributed by atoms with Crippen molar-refractivity contribution < 1.29 is 13.9 Å². The van der Waals surface area contributed by atoms with E-state index in [2.05, 4.69) is 0 Å². The Bertz CT molecular complexity index is 672. The van der Waals surface area contributed by atoms with Crippen LogP contribution in [0.5, 0.6) is 0 Å². The molecular weight excluding hydrogens is 314 g/mol. The van der Waals surface area contributed by atoms with Gasteiger partial charge in [-0.2, -0.15) is 0 Å². The van der Waals surface area contributed by atoms with E-state index in [9.17, 15) is 9.59 Å². The molecule has 0 aliphatic carbocycles. The van der Waals surface area contributed by atoms with Gasteiger partial charge in [0, 0.05) is 6.07 Å². The molecule has 7 heteroatoms. The predicted octanol–water partition coefficient (Wildman–Crippen LogP) is 3.32. The van der Waals surface area contributed by atoms with Crippen molar-refractivity contribution in [3.63, 3.8) is 0 Å². The number of halogens is 3. The highest BCUT2D eigenvalue weighted by atomic mass is 35.6. The maximum Gasteiger partial charge on any atom is 0.374 e. The zero-order valence-electron chi connectivity index (χ0n) is 9.36. The molecule has 0 amide bonds. The zero-order chi connectivity index (χ0) is 14.0. The van der Waals surface area contributed by atoms with Crippen LogP contribution < -0.4 is 5.43 Å². The second-order valence-corrected chi connectivity index (χ2v) is 6.18. The number of alkyl halides is 3. The zero-order valence-corrected chi connectivity index (χ0v) is 11.6. The summed E-state index contributed by atoms with van der Waals surface area (Å²) in [6.45, 7) is -0.437. The number of fused-ring (bicyclic) bond motifs is 1. The standard InChI is InChI=1S/C12H7Cl3O4/c13-12(14,15)6-18-11(17)10-5-8(16)7-3-1-2-4-9(7)19-10/h1-5H,6H2. The monoisotopic (exact) mass is 320 g/mol. The third-order valence-electron chi connectivity index (χ3n) is 2.20. The van der Waals surface area contributed by atoms with Crippen LogP contribution in [0.4, 0.5) is 0 Å². The van der Waals surface area contributed by atoms with Crippen LogP contribution in [-0.2, 0) is 4.74 Å².